The van der Waals surface area contributed by atoms with Gasteiger partial charge in [0.15, 0.2) is 0 Å². The highest BCUT2D eigenvalue weighted by molar-refractivity contribution is 5.24. The standard InChI is InChI=1S/C10H13F/c1-3-5-9-7-4-6-8(2)10(9)11/h4,6-7H,3,5H2,1-2H3. The minimum absolute atomic E-state index is 0.0330. The van der Waals surface area contributed by atoms with Gasteiger partial charge in [-0.25, -0.2) is 4.39 Å². The Balaban J connectivity index is 2.96. The highest BCUT2D eigenvalue weighted by Crippen LogP contribution is 2.12. The molecule has 0 bridgehead atoms. The molecule has 1 aromatic carbocycles. The molecule has 1 aromatic rings. The monoisotopic (exact) mass is 152 g/mol. The Kier molecular flexibility index (Phi) is 2.64. The Morgan fingerprint density at radius 3 is 2.73 bits per heavy atom. The van der Waals surface area contributed by atoms with E-state index in [-0.39, 0.29) is 5.82 Å². The Morgan fingerprint density at radius 2 is 2.09 bits per heavy atom. The van der Waals surface area contributed by atoms with E-state index < -0.39 is 0 Å². The second-order valence-corrected chi connectivity index (χ2v) is 2.80. The van der Waals surface area contributed by atoms with Gasteiger partial charge in [0.2, 0.25) is 0 Å². The van der Waals surface area contributed by atoms with Gasteiger partial charge in [-0.2, -0.15) is 0 Å². The van der Waals surface area contributed by atoms with Crippen LogP contribution in [0.1, 0.15) is 24.5 Å². The van der Waals surface area contributed by atoms with Crippen LogP contribution in [0.5, 0.6) is 0 Å². The van der Waals surface area contributed by atoms with Crippen LogP contribution in [0, 0.1) is 12.7 Å². The predicted octanol–water partition coefficient (Wildman–Crippen LogP) is 3.09. The van der Waals surface area contributed by atoms with Crippen molar-refractivity contribution >= 4 is 0 Å². The van der Waals surface area contributed by atoms with Crippen molar-refractivity contribution in [2.45, 2.75) is 26.7 Å². The van der Waals surface area contributed by atoms with Crippen molar-refractivity contribution in [2.24, 2.45) is 0 Å². The molecule has 0 aliphatic heterocycles. The second kappa shape index (κ2) is 3.51. The third kappa shape index (κ3) is 1.79. The van der Waals surface area contributed by atoms with E-state index >= 15 is 0 Å². The smallest absolute Gasteiger partial charge is 0.129 e. The van der Waals surface area contributed by atoms with E-state index in [0.29, 0.717) is 0 Å². The highest BCUT2D eigenvalue weighted by atomic mass is 19.1. The number of halogens is 1. The Morgan fingerprint density at radius 1 is 1.36 bits per heavy atom. The van der Waals surface area contributed by atoms with Crippen LogP contribution >= 0.6 is 0 Å². The molecular weight excluding hydrogens is 139 g/mol. The molecule has 0 radical (unpaired) electrons. The van der Waals surface area contributed by atoms with E-state index in [4.69, 9.17) is 0 Å². The van der Waals surface area contributed by atoms with Crippen molar-refractivity contribution in [1.82, 2.24) is 0 Å². The molecule has 1 heteroatoms. The third-order valence-corrected chi connectivity index (χ3v) is 1.79. The zero-order valence-corrected chi connectivity index (χ0v) is 7.02. The zero-order valence-electron chi connectivity index (χ0n) is 7.02. The normalized spacial score (nSPS) is 10.1. The number of rotatable bonds is 2. The average Bonchev–Trinajstić information content (AvgIpc) is 1.99. The van der Waals surface area contributed by atoms with Gasteiger partial charge in [-0.15, -0.1) is 0 Å². The van der Waals surface area contributed by atoms with Crippen LogP contribution < -0.4 is 0 Å². The topological polar surface area (TPSA) is 0 Å². The molecule has 60 valence electrons. The lowest BCUT2D eigenvalue weighted by Gasteiger charge is -2.02. The van der Waals surface area contributed by atoms with E-state index in [9.17, 15) is 4.39 Å². The van der Waals surface area contributed by atoms with Crippen molar-refractivity contribution in [2.75, 3.05) is 0 Å². The lowest BCUT2D eigenvalue weighted by atomic mass is 10.1. The van der Waals surface area contributed by atoms with Crippen LogP contribution in [-0.2, 0) is 6.42 Å². The van der Waals surface area contributed by atoms with Crippen LogP contribution in [0.15, 0.2) is 18.2 Å². The maximum atomic E-state index is 13.2. The Bertz CT molecular complexity index is 241. The van der Waals surface area contributed by atoms with Crippen LogP contribution in [-0.4, -0.2) is 0 Å². The van der Waals surface area contributed by atoms with Gasteiger partial charge in [-0.3, -0.25) is 0 Å². The quantitative estimate of drug-likeness (QED) is 0.611. The van der Waals surface area contributed by atoms with Gasteiger partial charge >= 0.3 is 0 Å². The summed E-state index contributed by atoms with van der Waals surface area (Å²) < 4.78 is 13.2. The van der Waals surface area contributed by atoms with Crippen LogP contribution in [0.2, 0.25) is 0 Å². The highest BCUT2D eigenvalue weighted by Gasteiger charge is 2.01. The van der Waals surface area contributed by atoms with E-state index in [2.05, 4.69) is 6.92 Å². The van der Waals surface area contributed by atoms with Crippen molar-refractivity contribution in [3.8, 4) is 0 Å². The first-order valence-electron chi connectivity index (χ1n) is 3.99. The molecule has 0 saturated carbocycles. The Labute approximate surface area is 67.1 Å². The molecule has 0 N–H and O–H groups in total. The van der Waals surface area contributed by atoms with Crippen LogP contribution in [0.3, 0.4) is 0 Å². The van der Waals surface area contributed by atoms with Gasteiger partial charge in [-0.05, 0) is 24.5 Å². The molecule has 0 nitrogen and oxygen atoms in total. The molecule has 0 atom stereocenters. The van der Waals surface area contributed by atoms with Gasteiger partial charge < -0.3 is 0 Å². The summed E-state index contributed by atoms with van der Waals surface area (Å²) in [4.78, 5) is 0. The number of hydrogen-bond donors (Lipinski definition) is 0. The summed E-state index contributed by atoms with van der Waals surface area (Å²) in [6.45, 7) is 3.86. The maximum Gasteiger partial charge on any atom is 0.129 e. The molecule has 0 amide bonds. The minimum Gasteiger partial charge on any atom is -0.206 e. The first kappa shape index (κ1) is 8.25. The molecule has 0 heterocycles. The first-order chi connectivity index (χ1) is 5.25. The van der Waals surface area contributed by atoms with Crippen LogP contribution in [0.25, 0.3) is 0 Å². The van der Waals surface area contributed by atoms with Gasteiger partial charge in [0.05, 0.1) is 0 Å². The summed E-state index contributed by atoms with van der Waals surface area (Å²) in [6, 6.07) is 5.56. The number of aryl methyl sites for hydroxylation is 2. The minimum atomic E-state index is -0.0330. The molecule has 0 aromatic heterocycles. The molecule has 0 saturated heterocycles. The molecule has 0 fully saturated rings. The van der Waals surface area contributed by atoms with Gasteiger partial charge in [0, 0.05) is 0 Å². The summed E-state index contributed by atoms with van der Waals surface area (Å²) in [6.07, 6.45) is 1.84. The summed E-state index contributed by atoms with van der Waals surface area (Å²) in [5.41, 5.74) is 1.59. The predicted molar refractivity (Wildman–Crippen MR) is 45.1 cm³/mol. The van der Waals surface area contributed by atoms with E-state index in [1.54, 1.807) is 13.0 Å². The third-order valence-electron chi connectivity index (χ3n) is 1.79. The molecule has 0 unspecified atom stereocenters. The average molecular weight is 152 g/mol. The first-order valence-corrected chi connectivity index (χ1v) is 3.99. The molecule has 11 heavy (non-hydrogen) atoms. The second-order valence-electron chi connectivity index (χ2n) is 2.80. The van der Waals surface area contributed by atoms with Crippen LogP contribution in [0.4, 0.5) is 4.39 Å². The maximum absolute atomic E-state index is 13.2. The lowest BCUT2D eigenvalue weighted by Crippen LogP contribution is -1.91. The van der Waals surface area contributed by atoms with Gasteiger partial charge in [-0.1, -0.05) is 31.5 Å². The summed E-state index contributed by atoms with van der Waals surface area (Å²) >= 11 is 0. The number of hydrogen-bond acceptors (Lipinski definition) is 0. The van der Waals surface area contributed by atoms with Crippen molar-refractivity contribution in [3.05, 3.63) is 35.1 Å². The van der Waals surface area contributed by atoms with Gasteiger partial charge in [0.25, 0.3) is 0 Å². The molecule has 1 rings (SSSR count). The molecule has 0 aliphatic carbocycles. The van der Waals surface area contributed by atoms with Gasteiger partial charge in [0.1, 0.15) is 5.82 Å². The number of benzene rings is 1. The SMILES string of the molecule is CCCc1cccc(C)c1F. The summed E-state index contributed by atoms with van der Waals surface area (Å²) in [5, 5.41) is 0. The summed E-state index contributed by atoms with van der Waals surface area (Å²) in [5.74, 6) is -0.0330. The largest absolute Gasteiger partial charge is 0.206 e. The fraction of sp³-hybridized carbons (Fsp3) is 0.400. The fourth-order valence-electron chi connectivity index (χ4n) is 1.17. The van der Waals surface area contributed by atoms with E-state index in [0.717, 1.165) is 24.0 Å². The summed E-state index contributed by atoms with van der Waals surface area (Å²) in [7, 11) is 0. The Hall–Kier alpha value is -0.850. The van der Waals surface area contributed by atoms with E-state index in [1.165, 1.54) is 0 Å². The molecule has 0 spiro atoms. The van der Waals surface area contributed by atoms with Crippen molar-refractivity contribution in [1.29, 1.82) is 0 Å². The molecular formula is C10H13F. The zero-order chi connectivity index (χ0) is 8.27. The fourth-order valence-corrected chi connectivity index (χ4v) is 1.17. The van der Waals surface area contributed by atoms with E-state index in [1.807, 2.05) is 12.1 Å². The van der Waals surface area contributed by atoms with Crippen molar-refractivity contribution < 1.29 is 4.39 Å². The van der Waals surface area contributed by atoms with Crippen molar-refractivity contribution in [3.63, 3.8) is 0 Å². The lowest BCUT2D eigenvalue weighted by molar-refractivity contribution is 0.598. The molecule has 0 aliphatic rings.